The zero-order valence-corrected chi connectivity index (χ0v) is 18.3. The molecule has 0 saturated heterocycles. The first-order valence-corrected chi connectivity index (χ1v) is 10.1. The SMILES string of the molecule is Cc1cc(NC(=O)N2CC(C)(C(F)(F)F)c3c2cnc2c(N)c(C)nn32)cnc1-n1nccn1. The Bertz CT molecular complexity index is 1430. The number of nitrogens with one attached hydrogen (secondary N) is 1. The number of carbonyl (C=O) groups excluding carboxylic acids is 1. The van der Waals surface area contributed by atoms with Gasteiger partial charge in [0.15, 0.2) is 11.5 Å². The van der Waals surface area contributed by atoms with Crippen molar-refractivity contribution in [2.24, 2.45) is 0 Å². The number of nitrogens with zero attached hydrogens (tertiary/aromatic N) is 8. The van der Waals surface area contributed by atoms with Crippen LogP contribution in [-0.2, 0) is 5.41 Å². The zero-order chi connectivity index (χ0) is 24.4. The topological polar surface area (TPSA) is 132 Å². The van der Waals surface area contributed by atoms with Gasteiger partial charge in [0.25, 0.3) is 0 Å². The second-order valence-corrected chi connectivity index (χ2v) is 8.26. The van der Waals surface area contributed by atoms with Gasteiger partial charge in [-0.15, -0.1) is 4.80 Å². The van der Waals surface area contributed by atoms with Crippen molar-refractivity contribution in [1.82, 2.24) is 34.6 Å². The van der Waals surface area contributed by atoms with Gasteiger partial charge in [0.05, 0.1) is 47.6 Å². The van der Waals surface area contributed by atoms with Crippen LogP contribution in [0, 0.1) is 13.8 Å². The van der Waals surface area contributed by atoms with Gasteiger partial charge in [-0.25, -0.2) is 19.3 Å². The van der Waals surface area contributed by atoms with Gasteiger partial charge in [-0.3, -0.25) is 4.90 Å². The summed E-state index contributed by atoms with van der Waals surface area (Å²) in [6.45, 7) is 3.71. The van der Waals surface area contributed by atoms with E-state index in [1.165, 1.54) is 29.6 Å². The second kappa shape index (κ2) is 7.13. The number of rotatable bonds is 2. The fourth-order valence-electron chi connectivity index (χ4n) is 4.06. The quantitative estimate of drug-likeness (QED) is 0.458. The summed E-state index contributed by atoms with van der Waals surface area (Å²) in [5.41, 5.74) is 4.95. The third kappa shape index (κ3) is 3.05. The molecule has 176 valence electrons. The summed E-state index contributed by atoms with van der Waals surface area (Å²) >= 11 is 0. The number of fused-ring (bicyclic) bond motifs is 3. The van der Waals surface area contributed by atoms with E-state index >= 15 is 0 Å². The van der Waals surface area contributed by atoms with Gasteiger partial charge < -0.3 is 11.1 Å². The molecule has 0 aromatic carbocycles. The lowest BCUT2D eigenvalue weighted by molar-refractivity contribution is -0.181. The van der Waals surface area contributed by atoms with Crippen molar-refractivity contribution in [1.29, 1.82) is 0 Å². The van der Waals surface area contributed by atoms with Crippen LogP contribution in [0.3, 0.4) is 0 Å². The third-order valence-electron chi connectivity index (χ3n) is 5.91. The molecule has 14 heteroatoms. The van der Waals surface area contributed by atoms with Gasteiger partial charge in [0.2, 0.25) is 0 Å². The van der Waals surface area contributed by atoms with Crippen LogP contribution in [0.15, 0.2) is 30.9 Å². The van der Waals surface area contributed by atoms with Crippen LogP contribution in [0.5, 0.6) is 0 Å². The molecule has 1 aliphatic rings. The molecule has 1 unspecified atom stereocenters. The summed E-state index contributed by atoms with van der Waals surface area (Å²) in [4.78, 5) is 23.9. The highest BCUT2D eigenvalue weighted by molar-refractivity contribution is 6.03. The number of carbonyl (C=O) groups is 1. The maximum absolute atomic E-state index is 14.3. The van der Waals surface area contributed by atoms with Crippen LogP contribution in [0.4, 0.5) is 35.0 Å². The Morgan fingerprint density at radius 3 is 2.53 bits per heavy atom. The molecular weight excluding hydrogens is 453 g/mol. The van der Waals surface area contributed by atoms with Gasteiger partial charge in [0.1, 0.15) is 11.1 Å². The zero-order valence-electron chi connectivity index (χ0n) is 18.3. The van der Waals surface area contributed by atoms with Gasteiger partial charge in [0, 0.05) is 6.54 Å². The molecule has 4 aromatic rings. The number of pyridine rings is 1. The number of hydrogen-bond donors (Lipinski definition) is 2. The van der Waals surface area contributed by atoms with Crippen LogP contribution in [0.1, 0.15) is 23.9 Å². The number of aromatic nitrogens is 7. The van der Waals surface area contributed by atoms with Crippen molar-refractivity contribution in [2.75, 3.05) is 22.5 Å². The van der Waals surface area contributed by atoms with E-state index < -0.39 is 24.2 Å². The van der Waals surface area contributed by atoms with E-state index in [1.807, 2.05) is 0 Å². The molecule has 1 aliphatic heterocycles. The summed E-state index contributed by atoms with van der Waals surface area (Å²) in [5, 5.41) is 14.8. The Morgan fingerprint density at radius 2 is 1.88 bits per heavy atom. The smallest absolute Gasteiger partial charge is 0.394 e. The van der Waals surface area contributed by atoms with Crippen molar-refractivity contribution < 1.29 is 18.0 Å². The molecule has 5 rings (SSSR count). The number of nitrogen functional groups attached to an aromatic ring is 1. The summed E-state index contributed by atoms with van der Waals surface area (Å²) in [5.74, 6) is 0.456. The lowest BCUT2D eigenvalue weighted by Crippen LogP contribution is -2.46. The Morgan fingerprint density at radius 1 is 1.18 bits per heavy atom. The molecule has 11 nitrogen and oxygen atoms in total. The molecule has 0 saturated carbocycles. The average Bonchev–Trinajstić information content (AvgIpc) is 3.46. The highest BCUT2D eigenvalue weighted by Crippen LogP contribution is 2.50. The summed E-state index contributed by atoms with van der Waals surface area (Å²) in [6.07, 6.45) is 0.922. The molecule has 0 bridgehead atoms. The predicted octanol–water partition coefficient (Wildman–Crippen LogP) is 2.78. The van der Waals surface area contributed by atoms with Crippen LogP contribution < -0.4 is 16.0 Å². The van der Waals surface area contributed by atoms with Crippen molar-refractivity contribution >= 4 is 28.7 Å². The lowest BCUT2D eigenvalue weighted by atomic mass is 9.87. The summed E-state index contributed by atoms with van der Waals surface area (Å²) in [7, 11) is 0. The van der Waals surface area contributed by atoms with E-state index in [0.29, 0.717) is 22.8 Å². The normalized spacial score (nSPS) is 17.9. The van der Waals surface area contributed by atoms with Crippen LogP contribution in [0.2, 0.25) is 0 Å². The number of nitrogens with two attached hydrogens (primary N) is 1. The Labute approximate surface area is 190 Å². The molecule has 5 heterocycles. The molecule has 0 radical (unpaired) electrons. The predicted molar refractivity (Wildman–Crippen MR) is 116 cm³/mol. The standard InChI is InChI=1S/C20H19F3N10O/c1-10-6-12(7-25-16(10)33-27-4-5-28-33)29-18(34)31-9-19(3,20(21,22)23)15-13(31)8-26-17-14(24)11(2)30-32(15)17/h4-8H,9,24H2,1-3H3,(H,29,34). The Hall–Kier alpha value is -4.23. The van der Waals surface area contributed by atoms with E-state index in [-0.39, 0.29) is 22.7 Å². The largest absolute Gasteiger partial charge is 0.401 e. The highest BCUT2D eigenvalue weighted by atomic mass is 19.4. The maximum Gasteiger partial charge on any atom is 0.401 e. The number of amides is 2. The lowest BCUT2D eigenvalue weighted by Gasteiger charge is -2.28. The molecule has 0 fully saturated rings. The minimum Gasteiger partial charge on any atom is -0.394 e. The van der Waals surface area contributed by atoms with E-state index in [0.717, 1.165) is 16.3 Å². The summed E-state index contributed by atoms with van der Waals surface area (Å²) in [6, 6.07) is 0.862. The minimum absolute atomic E-state index is 0.00522. The summed E-state index contributed by atoms with van der Waals surface area (Å²) < 4.78 is 43.9. The average molecular weight is 472 g/mol. The maximum atomic E-state index is 14.3. The third-order valence-corrected chi connectivity index (χ3v) is 5.91. The van der Waals surface area contributed by atoms with Gasteiger partial charge in [-0.2, -0.15) is 28.5 Å². The van der Waals surface area contributed by atoms with E-state index in [2.05, 4.69) is 30.6 Å². The molecule has 0 aliphatic carbocycles. The van der Waals surface area contributed by atoms with Crippen molar-refractivity contribution in [2.45, 2.75) is 32.4 Å². The van der Waals surface area contributed by atoms with E-state index in [4.69, 9.17) is 5.73 Å². The highest BCUT2D eigenvalue weighted by Gasteiger charge is 2.60. The Balaban J connectivity index is 1.53. The monoisotopic (exact) mass is 472 g/mol. The number of alkyl halides is 3. The van der Waals surface area contributed by atoms with Gasteiger partial charge in [-0.1, -0.05) is 0 Å². The van der Waals surface area contributed by atoms with Crippen LogP contribution >= 0.6 is 0 Å². The number of hydrogen-bond acceptors (Lipinski definition) is 7. The van der Waals surface area contributed by atoms with E-state index in [9.17, 15) is 18.0 Å². The first kappa shape index (κ1) is 21.6. The first-order valence-electron chi connectivity index (χ1n) is 10.1. The fraction of sp³-hybridized carbons (Fsp3) is 0.300. The van der Waals surface area contributed by atoms with Gasteiger partial charge >= 0.3 is 12.2 Å². The number of urea groups is 1. The molecule has 3 N–H and O–H groups in total. The molecule has 2 amide bonds. The number of anilines is 3. The number of aryl methyl sites for hydroxylation is 2. The molecule has 1 atom stereocenters. The second-order valence-electron chi connectivity index (χ2n) is 8.26. The van der Waals surface area contributed by atoms with E-state index in [1.54, 1.807) is 19.9 Å². The molecule has 4 aromatic heterocycles. The van der Waals surface area contributed by atoms with Gasteiger partial charge in [-0.05, 0) is 32.4 Å². The fourth-order valence-corrected chi connectivity index (χ4v) is 4.06. The molecular formula is C20H19F3N10O. The van der Waals surface area contributed by atoms with Crippen LogP contribution in [0.25, 0.3) is 11.5 Å². The van der Waals surface area contributed by atoms with Crippen molar-refractivity contribution in [3.63, 3.8) is 0 Å². The minimum atomic E-state index is -4.67. The number of halogens is 3. The molecule has 0 spiro atoms. The first-order chi connectivity index (χ1) is 16.0. The van der Waals surface area contributed by atoms with Crippen molar-refractivity contribution in [3.8, 4) is 5.82 Å². The van der Waals surface area contributed by atoms with Crippen molar-refractivity contribution in [3.05, 3.63) is 47.8 Å². The van der Waals surface area contributed by atoms with Crippen LogP contribution in [-0.4, -0.2) is 53.3 Å². The molecule has 34 heavy (non-hydrogen) atoms. The Kier molecular flexibility index (Phi) is 4.53.